The highest BCUT2D eigenvalue weighted by atomic mass is 35.5. The molecule has 3 nitrogen and oxygen atoms in total. The fourth-order valence-corrected chi connectivity index (χ4v) is 1.98. The molecule has 0 unspecified atom stereocenters. The van der Waals surface area contributed by atoms with Crippen LogP contribution < -0.4 is 10.1 Å². The Morgan fingerprint density at radius 1 is 1.42 bits per heavy atom. The third-order valence-corrected chi connectivity index (χ3v) is 3.06. The van der Waals surface area contributed by atoms with Crippen molar-refractivity contribution in [3.05, 3.63) is 22.8 Å². The molecule has 0 radical (unpaired) electrons. The smallest absolute Gasteiger partial charge is 0.232 e. The first kappa shape index (κ1) is 16.3. The van der Waals surface area contributed by atoms with E-state index in [1.54, 1.807) is 0 Å². The lowest BCUT2D eigenvalue weighted by atomic mass is 10.1. The first-order valence-electron chi connectivity index (χ1n) is 7.11. The Kier molecular flexibility index (Phi) is 7.84. The van der Waals surface area contributed by atoms with E-state index in [0.717, 1.165) is 37.9 Å². The van der Waals surface area contributed by atoms with Crippen LogP contribution in [0.5, 0.6) is 5.88 Å². The molecule has 0 aromatic carbocycles. The van der Waals surface area contributed by atoms with E-state index in [4.69, 9.17) is 16.3 Å². The molecule has 19 heavy (non-hydrogen) atoms. The van der Waals surface area contributed by atoms with E-state index in [9.17, 15) is 0 Å². The lowest BCUT2D eigenvalue weighted by molar-refractivity contribution is 0.287. The van der Waals surface area contributed by atoms with E-state index in [-0.39, 0.29) is 0 Å². The third-order valence-electron chi connectivity index (χ3n) is 2.78. The van der Waals surface area contributed by atoms with Crippen LogP contribution in [0, 0.1) is 5.92 Å². The highest BCUT2D eigenvalue weighted by molar-refractivity contribution is 6.31. The van der Waals surface area contributed by atoms with Crippen molar-refractivity contribution in [2.45, 2.75) is 46.6 Å². The van der Waals surface area contributed by atoms with Gasteiger partial charge in [0.25, 0.3) is 0 Å². The predicted octanol–water partition coefficient (Wildman–Crippen LogP) is 4.05. The van der Waals surface area contributed by atoms with Gasteiger partial charge in [-0.05, 0) is 43.4 Å². The Morgan fingerprint density at radius 3 is 2.84 bits per heavy atom. The summed E-state index contributed by atoms with van der Waals surface area (Å²) >= 11 is 6.17. The molecule has 0 saturated heterocycles. The number of aromatic nitrogens is 1. The standard InChI is InChI=1S/C15H25ClN2O/c1-4-7-17-10-13-9-14(16)15(18-11-13)19-8-5-6-12(2)3/h9,11-12,17H,4-8,10H2,1-3H3. The highest BCUT2D eigenvalue weighted by Crippen LogP contribution is 2.22. The molecule has 1 heterocycles. The largest absolute Gasteiger partial charge is 0.477 e. The van der Waals surface area contributed by atoms with Crippen LogP contribution in [-0.2, 0) is 6.54 Å². The Morgan fingerprint density at radius 2 is 2.21 bits per heavy atom. The van der Waals surface area contributed by atoms with Crippen molar-refractivity contribution in [2.75, 3.05) is 13.2 Å². The minimum Gasteiger partial charge on any atom is -0.477 e. The Labute approximate surface area is 121 Å². The van der Waals surface area contributed by atoms with Crippen molar-refractivity contribution in [3.63, 3.8) is 0 Å². The zero-order chi connectivity index (χ0) is 14.1. The molecule has 0 aliphatic carbocycles. The summed E-state index contributed by atoms with van der Waals surface area (Å²) in [5, 5.41) is 3.92. The summed E-state index contributed by atoms with van der Waals surface area (Å²) < 4.78 is 5.60. The fraction of sp³-hybridized carbons (Fsp3) is 0.667. The third kappa shape index (κ3) is 6.79. The van der Waals surface area contributed by atoms with Crippen LogP contribution in [0.1, 0.15) is 45.6 Å². The minimum atomic E-state index is 0.546. The van der Waals surface area contributed by atoms with Crippen molar-refractivity contribution >= 4 is 11.6 Å². The second-order valence-corrected chi connectivity index (χ2v) is 5.60. The van der Waals surface area contributed by atoms with Gasteiger partial charge in [-0.1, -0.05) is 32.4 Å². The maximum atomic E-state index is 6.17. The average molecular weight is 285 g/mol. The quantitative estimate of drug-likeness (QED) is 0.695. The maximum Gasteiger partial charge on any atom is 0.232 e. The Balaban J connectivity index is 2.39. The number of pyridine rings is 1. The van der Waals surface area contributed by atoms with Gasteiger partial charge in [-0.2, -0.15) is 0 Å². The average Bonchev–Trinajstić information content (AvgIpc) is 2.36. The van der Waals surface area contributed by atoms with E-state index in [2.05, 4.69) is 31.1 Å². The molecule has 1 aromatic heterocycles. The minimum absolute atomic E-state index is 0.546. The predicted molar refractivity (Wildman–Crippen MR) is 80.8 cm³/mol. The van der Waals surface area contributed by atoms with Crippen LogP contribution >= 0.6 is 11.6 Å². The monoisotopic (exact) mass is 284 g/mol. The van der Waals surface area contributed by atoms with Crippen LogP contribution in [-0.4, -0.2) is 18.1 Å². The molecular formula is C15H25ClN2O. The summed E-state index contributed by atoms with van der Waals surface area (Å²) in [6, 6.07) is 1.93. The molecule has 0 atom stereocenters. The SMILES string of the molecule is CCCNCc1cnc(OCCCC(C)C)c(Cl)c1. The normalized spacial score (nSPS) is 11.0. The second-order valence-electron chi connectivity index (χ2n) is 5.19. The molecule has 1 N–H and O–H groups in total. The summed E-state index contributed by atoms with van der Waals surface area (Å²) in [6.07, 6.45) is 5.15. The van der Waals surface area contributed by atoms with Gasteiger partial charge in [0.2, 0.25) is 5.88 Å². The van der Waals surface area contributed by atoms with E-state index >= 15 is 0 Å². The molecule has 108 valence electrons. The van der Waals surface area contributed by atoms with Gasteiger partial charge in [-0.25, -0.2) is 4.98 Å². The van der Waals surface area contributed by atoms with E-state index < -0.39 is 0 Å². The first-order chi connectivity index (χ1) is 9.13. The van der Waals surface area contributed by atoms with E-state index in [1.165, 1.54) is 0 Å². The van der Waals surface area contributed by atoms with Gasteiger partial charge in [0.1, 0.15) is 5.02 Å². The molecule has 1 rings (SSSR count). The van der Waals surface area contributed by atoms with Gasteiger partial charge < -0.3 is 10.1 Å². The lowest BCUT2D eigenvalue weighted by Gasteiger charge is -2.09. The number of ether oxygens (including phenoxy) is 1. The topological polar surface area (TPSA) is 34.2 Å². The molecule has 0 saturated carbocycles. The van der Waals surface area contributed by atoms with Gasteiger partial charge in [-0.3, -0.25) is 0 Å². The summed E-state index contributed by atoms with van der Waals surface area (Å²) in [5.74, 6) is 1.25. The number of nitrogens with zero attached hydrogens (tertiary/aromatic N) is 1. The molecule has 1 aromatic rings. The molecule has 0 spiro atoms. The lowest BCUT2D eigenvalue weighted by Crippen LogP contribution is -2.14. The van der Waals surface area contributed by atoms with Gasteiger partial charge >= 0.3 is 0 Å². The van der Waals surface area contributed by atoms with Crippen molar-refractivity contribution < 1.29 is 4.74 Å². The number of nitrogens with one attached hydrogen (secondary N) is 1. The number of rotatable bonds is 9. The number of halogens is 1. The Hall–Kier alpha value is -0.800. The zero-order valence-corrected chi connectivity index (χ0v) is 13.0. The van der Waals surface area contributed by atoms with Crippen molar-refractivity contribution in [3.8, 4) is 5.88 Å². The van der Waals surface area contributed by atoms with Crippen LogP contribution in [0.25, 0.3) is 0 Å². The van der Waals surface area contributed by atoms with Crippen molar-refractivity contribution in [2.24, 2.45) is 5.92 Å². The highest BCUT2D eigenvalue weighted by Gasteiger charge is 2.05. The maximum absolute atomic E-state index is 6.17. The summed E-state index contributed by atoms with van der Waals surface area (Å²) in [6.45, 7) is 9.05. The van der Waals surface area contributed by atoms with E-state index in [1.807, 2.05) is 12.3 Å². The van der Waals surface area contributed by atoms with Crippen LogP contribution in [0.3, 0.4) is 0 Å². The van der Waals surface area contributed by atoms with Gasteiger partial charge in [-0.15, -0.1) is 0 Å². The Bertz CT molecular complexity index is 369. The van der Waals surface area contributed by atoms with Crippen molar-refractivity contribution in [1.82, 2.24) is 10.3 Å². The molecule has 0 fully saturated rings. The fourth-order valence-electron chi connectivity index (χ4n) is 1.74. The zero-order valence-electron chi connectivity index (χ0n) is 12.2. The van der Waals surface area contributed by atoms with Gasteiger partial charge in [0.05, 0.1) is 6.61 Å². The molecular weight excluding hydrogens is 260 g/mol. The van der Waals surface area contributed by atoms with E-state index in [0.29, 0.717) is 23.4 Å². The first-order valence-corrected chi connectivity index (χ1v) is 7.49. The molecule has 0 aliphatic rings. The molecule has 0 amide bonds. The molecule has 0 bridgehead atoms. The molecule has 4 heteroatoms. The van der Waals surface area contributed by atoms with Crippen molar-refractivity contribution in [1.29, 1.82) is 0 Å². The number of hydrogen-bond acceptors (Lipinski definition) is 3. The summed E-state index contributed by atoms with van der Waals surface area (Å²) in [7, 11) is 0. The summed E-state index contributed by atoms with van der Waals surface area (Å²) in [4.78, 5) is 4.28. The summed E-state index contributed by atoms with van der Waals surface area (Å²) in [5.41, 5.74) is 1.09. The van der Waals surface area contributed by atoms with Gasteiger partial charge in [0, 0.05) is 12.7 Å². The molecule has 0 aliphatic heterocycles. The van der Waals surface area contributed by atoms with Crippen LogP contribution in [0.15, 0.2) is 12.3 Å². The van der Waals surface area contributed by atoms with Crippen LogP contribution in [0.2, 0.25) is 5.02 Å². The van der Waals surface area contributed by atoms with Crippen LogP contribution in [0.4, 0.5) is 0 Å². The number of hydrogen-bond donors (Lipinski definition) is 1. The van der Waals surface area contributed by atoms with Gasteiger partial charge in [0.15, 0.2) is 0 Å². The second kappa shape index (κ2) is 9.16.